The van der Waals surface area contributed by atoms with Gasteiger partial charge < -0.3 is 15.4 Å². The van der Waals surface area contributed by atoms with Gasteiger partial charge in [-0.1, -0.05) is 30.2 Å². The summed E-state index contributed by atoms with van der Waals surface area (Å²) in [5, 5.41) is 6.51. The van der Waals surface area contributed by atoms with Crippen LogP contribution in [0.5, 0.6) is 0 Å². The zero-order valence-electron chi connectivity index (χ0n) is 15.1. The first kappa shape index (κ1) is 19.6. The number of hydrogen-bond acceptors (Lipinski definition) is 3. The highest BCUT2D eigenvalue weighted by Crippen LogP contribution is 2.25. The van der Waals surface area contributed by atoms with Crippen molar-refractivity contribution in [2.45, 2.75) is 64.6 Å². The van der Waals surface area contributed by atoms with E-state index in [1.165, 1.54) is 0 Å². The minimum atomic E-state index is -0.521. The fourth-order valence-electron chi connectivity index (χ4n) is 3.01. The minimum Gasteiger partial charge on any atom is -0.444 e. The Hall–Kier alpha value is -1.75. The fourth-order valence-corrected chi connectivity index (χ4v) is 3.23. The quantitative estimate of drug-likeness (QED) is 0.845. The van der Waals surface area contributed by atoms with Crippen LogP contribution in [0.1, 0.15) is 52.0 Å². The summed E-state index contributed by atoms with van der Waals surface area (Å²) in [5.41, 5.74) is 0.451. The Kier molecular flexibility index (Phi) is 6.71. The molecule has 0 radical (unpaired) electrons. The SMILES string of the molecule is CC(C)(C)OC(=O)NC1CCCC(C(=O)NCc2cccc(Cl)c2)C1. The summed E-state index contributed by atoms with van der Waals surface area (Å²) >= 11 is 5.96. The lowest BCUT2D eigenvalue weighted by molar-refractivity contribution is -0.126. The monoisotopic (exact) mass is 366 g/mol. The smallest absolute Gasteiger partial charge is 0.407 e. The number of halogens is 1. The number of carbonyl (C=O) groups excluding carboxylic acids is 2. The van der Waals surface area contributed by atoms with E-state index < -0.39 is 11.7 Å². The van der Waals surface area contributed by atoms with Gasteiger partial charge in [0.1, 0.15) is 5.60 Å². The van der Waals surface area contributed by atoms with E-state index in [9.17, 15) is 9.59 Å². The first-order chi connectivity index (χ1) is 11.7. The van der Waals surface area contributed by atoms with Crippen molar-refractivity contribution in [1.29, 1.82) is 0 Å². The Labute approximate surface area is 154 Å². The molecule has 0 spiro atoms. The first-order valence-corrected chi connectivity index (χ1v) is 9.12. The van der Waals surface area contributed by atoms with Crippen LogP contribution in [0.25, 0.3) is 0 Å². The van der Waals surface area contributed by atoms with Gasteiger partial charge in [0.2, 0.25) is 5.91 Å². The van der Waals surface area contributed by atoms with Crippen LogP contribution in [0.15, 0.2) is 24.3 Å². The van der Waals surface area contributed by atoms with Gasteiger partial charge in [-0.2, -0.15) is 0 Å². The van der Waals surface area contributed by atoms with Crippen molar-refractivity contribution >= 4 is 23.6 Å². The largest absolute Gasteiger partial charge is 0.444 e. The van der Waals surface area contributed by atoms with Crippen LogP contribution in [0.3, 0.4) is 0 Å². The van der Waals surface area contributed by atoms with E-state index in [2.05, 4.69) is 10.6 Å². The molecular formula is C19H27ClN2O3. The molecule has 5 nitrogen and oxygen atoms in total. The van der Waals surface area contributed by atoms with Crippen molar-refractivity contribution in [3.63, 3.8) is 0 Å². The molecule has 1 aromatic rings. The third kappa shape index (κ3) is 6.94. The highest BCUT2D eigenvalue weighted by molar-refractivity contribution is 6.30. The van der Waals surface area contributed by atoms with Gasteiger partial charge in [-0.3, -0.25) is 4.79 Å². The number of ether oxygens (including phenoxy) is 1. The van der Waals surface area contributed by atoms with Gasteiger partial charge in [0, 0.05) is 23.5 Å². The summed E-state index contributed by atoms with van der Waals surface area (Å²) in [7, 11) is 0. The molecule has 2 N–H and O–H groups in total. The minimum absolute atomic E-state index is 0.0227. The van der Waals surface area contributed by atoms with E-state index in [1.807, 2.05) is 39.0 Å². The third-order valence-electron chi connectivity index (χ3n) is 4.12. The Morgan fingerprint density at radius 3 is 2.72 bits per heavy atom. The predicted octanol–water partition coefficient (Wildman–Crippen LogP) is 4.04. The standard InChI is InChI=1S/C19H27ClN2O3/c1-19(2,3)25-18(24)22-16-9-5-7-14(11-16)17(23)21-12-13-6-4-8-15(20)10-13/h4,6,8,10,14,16H,5,7,9,11-12H2,1-3H3,(H,21,23)(H,22,24). The van der Waals surface area contributed by atoms with Crippen molar-refractivity contribution < 1.29 is 14.3 Å². The van der Waals surface area contributed by atoms with Crippen LogP contribution in [0.4, 0.5) is 4.79 Å². The van der Waals surface area contributed by atoms with Crippen LogP contribution < -0.4 is 10.6 Å². The van der Waals surface area contributed by atoms with Gasteiger partial charge in [0.05, 0.1) is 0 Å². The molecule has 1 fully saturated rings. The summed E-state index contributed by atoms with van der Waals surface area (Å²) in [6.07, 6.45) is 2.85. The Morgan fingerprint density at radius 1 is 1.28 bits per heavy atom. The lowest BCUT2D eigenvalue weighted by atomic mass is 9.85. The van der Waals surface area contributed by atoms with Gasteiger partial charge in [-0.25, -0.2) is 4.79 Å². The summed E-state index contributed by atoms with van der Waals surface area (Å²) in [6.45, 7) is 5.96. The molecule has 1 aromatic carbocycles. The van der Waals surface area contributed by atoms with E-state index in [1.54, 1.807) is 6.07 Å². The van der Waals surface area contributed by atoms with E-state index in [-0.39, 0.29) is 17.9 Å². The molecule has 0 aliphatic heterocycles. The third-order valence-corrected chi connectivity index (χ3v) is 4.36. The maximum Gasteiger partial charge on any atom is 0.407 e. The van der Waals surface area contributed by atoms with Crippen molar-refractivity contribution in [3.05, 3.63) is 34.9 Å². The maximum atomic E-state index is 12.4. The lowest BCUT2D eigenvalue weighted by Gasteiger charge is -2.30. The van der Waals surface area contributed by atoms with Crippen LogP contribution in [-0.4, -0.2) is 23.6 Å². The predicted molar refractivity (Wildman–Crippen MR) is 98.4 cm³/mol. The number of rotatable bonds is 4. The van der Waals surface area contributed by atoms with Gasteiger partial charge in [-0.15, -0.1) is 0 Å². The second-order valence-electron chi connectivity index (χ2n) is 7.55. The molecule has 138 valence electrons. The second kappa shape index (κ2) is 8.56. The molecule has 0 saturated heterocycles. The second-order valence-corrected chi connectivity index (χ2v) is 7.99. The number of benzene rings is 1. The van der Waals surface area contributed by atoms with Crippen LogP contribution in [0.2, 0.25) is 5.02 Å². The molecule has 1 aliphatic carbocycles. The zero-order chi connectivity index (χ0) is 18.4. The van der Waals surface area contributed by atoms with E-state index >= 15 is 0 Å². The molecule has 0 heterocycles. The normalized spacial score (nSPS) is 20.6. The molecule has 2 unspecified atom stereocenters. The highest BCUT2D eigenvalue weighted by Gasteiger charge is 2.29. The van der Waals surface area contributed by atoms with E-state index in [4.69, 9.17) is 16.3 Å². The van der Waals surface area contributed by atoms with Crippen LogP contribution in [0, 0.1) is 5.92 Å². The van der Waals surface area contributed by atoms with Crippen molar-refractivity contribution in [2.24, 2.45) is 5.92 Å². The zero-order valence-corrected chi connectivity index (χ0v) is 15.9. The molecule has 1 saturated carbocycles. The molecule has 0 bridgehead atoms. The lowest BCUT2D eigenvalue weighted by Crippen LogP contribution is -2.44. The van der Waals surface area contributed by atoms with Crippen LogP contribution >= 0.6 is 11.6 Å². The van der Waals surface area contributed by atoms with Gasteiger partial charge >= 0.3 is 6.09 Å². The summed E-state index contributed by atoms with van der Waals surface area (Å²) < 4.78 is 5.29. The fraction of sp³-hybridized carbons (Fsp3) is 0.579. The number of nitrogens with one attached hydrogen (secondary N) is 2. The number of hydrogen-bond donors (Lipinski definition) is 2. The van der Waals surface area contributed by atoms with Crippen molar-refractivity contribution in [2.75, 3.05) is 0 Å². The molecule has 25 heavy (non-hydrogen) atoms. The van der Waals surface area contributed by atoms with Crippen LogP contribution in [-0.2, 0) is 16.1 Å². The Balaban J connectivity index is 1.81. The average molecular weight is 367 g/mol. The molecule has 1 aliphatic rings. The topological polar surface area (TPSA) is 67.4 Å². The Bertz CT molecular complexity index is 613. The Morgan fingerprint density at radius 2 is 2.04 bits per heavy atom. The van der Waals surface area contributed by atoms with Gasteiger partial charge in [-0.05, 0) is 57.7 Å². The molecule has 6 heteroatoms. The van der Waals surface area contributed by atoms with Crippen molar-refractivity contribution in [3.8, 4) is 0 Å². The highest BCUT2D eigenvalue weighted by atomic mass is 35.5. The van der Waals surface area contributed by atoms with Crippen molar-refractivity contribution in [1.82, 2.24) is 10.6 Å². The molecule has 0 aromatic heterocycles. The number of amides is 2. The molecular weight excluding hydrogens is 340 g/mol. The van der Waals surface area contributed by atoms with E-state index in [0.717, 1.165) is 24.8 Å². The molecule has 2 amide bonds. The summed E-state index contributed by atoms with van der Waals surface area (Å²) in [6, 6.07) is 7.42. The summed E-state index contributed by atoms with van der Waals surface area (Å²) in [5.74, 6) is -0.0662. The van der Waals surface area contributed by atoms with Gasteiger partial charge in [0.15, 0.2) is 0 Å². The van der Waals surface area contributed by atoms with Gasteiger partial charge in [0.25, 0.3) is 0 Å². The maximum absolute atomic E-state index is 12.4. The first-order valence-electron chi connectivity index (χ1n) is 8.74. The summed E-state index contributed by atoms with van der Waals surface area (Å²) in [4.78, 5) is 24.3. The number of alkyl carbamates (subject to hydrolysis) is 1. The number of carbonyl (C=O) groups is 2. The molecule has 2 atom stereocenters. The average Bonchev–Trinajstić information content (AvgIpc) is 2.51. The van der Waals surface area contributed by atoms with E-state index in [0.29, 0.717) is 18.0 Å². The molecule has 2 rings (SSSR count).